The first-order valence-corrected chi connectivity index (χ1v) is 10.5. The van der Waals surface area contributed by atoms with Gasteiger partial charge < -0.3 is 15.1 Å². The number of benzene rings is 1. The van der Waals surface area contributed by atoms with Crippen LogP contribution < -0.4 is 5.32 Å². The quantitative estimate of drug-likeness (QED) is 0.818. The van der Waals surface area contributed by atoms with Gasteiger partial charge in [0.1, 0.15) is 0 Å². The van der Waals surface area contributed by atoms with E-state index in [2.05, 4.69) is 19.2 Å². The van der Waals surface area contributed by atoms with Gasteiger partial charge in [0.25, 0.3) is 5.91 Å². The van der Waals surface area contributed by atoms with Crippen molar-refractivity contribution in [3.8, 4) is 0 Å². The summed E-state index contributed by atoms with van der Waals surface area (Å²) >= 11 is 0. The van der Waals surface area contributed by atoms with Crippen molar-refractivity contribution >= 4 is 23.4 Å². The summed E-state index contributed by atoms with van der Waals surface area (Å²) in [5.41, 5.74) is 1.31. The van der Waals surface area contributed by atoms with Crippen LogP contribution in [0.3, 0.4) is 0 Å². The van der Waals surface area contributed by atoms with Crippen LogP contribution in [0, 0.1) is 11.8 Å². The molecule has 1 aromatic carbocycles. The van der Waals surface area contributed by atoms with Crippen molar-refractivity contribution < 1.29 is 14.4 Å². The minimum atomic E-state index is -0.305. The number of anilines is 1. The first-order chi connectivity index (χ1) is 13.5. The van der Waals surface area contributed by atoms with Crippen molar-refractivity contribution in [2.45, 2.75) is 46.0 Å². The van der Waals surface area contributed by atoms with Gasteiger partial charge in [-0.25, -0.2) is 0 Å². The lowest BCUT2D eigenvalue weighted by molar-refractivity contribution is -0.128. The molecule has 0 radical (unpaired) electrons. The molecule has 2 heterocycles. The van der Waals surface area contributed by atoms with Gasteiger partial charge in [0.05, 0.1) is 5.92 Å². The summed E-state index contributed by atoms with van der Waals surface area (Å²) in [7, 11) is 0. The van der Waals surface area contributed by atoms with E-state index in [-0.39, 0.29) is 30.1 Å². The maximum Gasteiger partial charge on any atom is 0.253 e. The van der Waals surface area contributed by atoms with Crippen molar-refractivity contribution in [3.05, 3.63) is 29.8 Å². The van der Waals surface area contributed by atoms with Gasteiger partial charge >= 0.3 is 0 Å². The molecule has 0 bridgehead atoms. The van der Waals surface area contributed by atoms with E-state index >= 15 is 0 Å². The molecule has 0 aromatic heterocycles. The van der Waals surface area contributed by atoms with Crippen LogP contribution in [0.25, 0.3) is 0 Å². The Kier molecular flexibility index (Phi) is 6.70. The second kappa shape index (κ2) is 9.22. The third-order valence-corrected chi connectivity index (χ3v) is 5.71. The number of carbonyl (C=O) groups excluding carboxylic acids is 3. The molecule has 2 unspecified atom stereocenters. The Morgan fingerprint density at radius 1 is 1.18 bits per heavy atom. The molecule has 2 aliphatic rings. The largest absolute Gasteiger partial charge is 0.342 e. The van der Waals surface area contributed by atoms with Gasteiger partial charge in [0.2, 0.25) is 11.8 Å². The molecule has 1 N–H and O–H groups in total. The number of hydrogen-bond donors (Lipinski definition) is 1. The standard InChI is InChI=1S/C22H31N3O3/c1-3-4-11-24-15-18(13-20(24)26)21(27)23-19-9-7-17(8-10-19)22(28)25-12-5-6-16(2)14-25/h7-10,16,18H,3-6,11-15H2,1-2H3,(H,23,27). The van der Waals surface area contributed by atoms with Crippen LogP contribution >= 0.6 is 0 Å². The summed E-state index contributed by atoms with van der Waals surface area (Å²) in [6.45, 7) is 7.10. The molecule has 0 aliphatic carbocycles. The van der Waals surface area contributed by atoms with Crippen LogP contribution in [0.1, 0.15) is 56.3 Å². The van der Waals surface area contributed by atoms with Crippen LogP contribution in [-0.4, -0.2) is 53.7 Å². The monoisotopic (exact) mass is 385 g/mol. The van der Waals surface area contributed by atoms with Gasteiger partial charge in [-0.05, 0) is 49.4 Å². The minimum Gasteiger partial charge on any atom is -0.342 e. The number of unbranched alkanes of at least 4 members (excludes halogenated alkanes) is 1. The van der Waals surface area contributed by atoms with E-state index in [1.54, 1.807) is 29.2 Å². The summed E-state index contributed by atoms with van der Waals surface area (Å²) in [5.74, 6) is 0.224. The predicted octanol–water partition coefficient (Wildman–Crippen LogP) is 3.15. The number of nitrogens with one attached hydrogen (secondary N) is 1. The van der Waals surface area contributed by atoms with Crippen molar-refractivity contribution in [1.29, 1.82) is 0 Å². The highest BCUT2D eigenvalue weighted by Crippen LogP contribution is 2.22. The van der Waals surface area contributed by atoms with E-state index in [1.807, 2.05) is 4.90 Å². The molecular weight excluding hydrogens is 354 g/mol. The van der Waals surface area contributed by atoms with E-state index in [0.29, 0.717) is 23.7 Å². The number of nitrogens with zero attached hydrogens (tertiary/aromatic N) is 2. The Labute approximate surface area is 167 Å². The van der Waals surface area contributed by atoms with E-state index in [9.17, 15) is 14.4 Å². The van der Waals surface area contributed by atoms with Gasteiger partial charge in [0, 0.05) is 43.9 Å². The Morgan fingerprint density at radius 2 is 1.93 bits per heavy atom. The number of amides is 3. The lowest BCUT2D eigenvalue weighted by Gasteiger charge is -2.31. The summed E-state index contributed by atoms with van der Waals surface area (Å²) in [4.78, 5) is 40.9. The second-order valence-corrected chi connectivity index (χ2v) is 8.16. The number of likely N-dealkylation sites (tertiary alicyclic amines) is 2. The highest BCUT2D eigenvalue weighted by molar-refractivity contribution is 5.98. The van der Waals surface area contributed by atoms with E-state index in [0.717, 1.165) is 38.9 Å². The molecule has 3 rings (SSSR count). The fourth-order valence-corrected chi connectivity index (χ4v) is 4.01. The SMILES string of the molecule is CCCCN1CC(C(=O)Nc2ccc(C(=O)N3CCCC(C)C3)cc2)CC1=O. The minimum absolute atomic E-state index is 0.0531. The van der Waals surface area contributed by atoms with Crippen molar-refractivity contribution in [2.75, 3.05) is 31.5 Å². The number of rotatable bonds is 6. The molecule has 2 fully saturated rings. The Balaban J connectivity index is 1.55. The summed E-state index contributed by atoms with van der Waals surface area (Å²) in [6, 6.07) is 7.07. The van der Waals surface area contributed by atoms with Crippen molar-refractivity contribution in [1.82, 2.24) is 9.80 Å². The normalized spacial score (nSPS) is 22.4. The Morgan fingerprint density at radius 3 is 2.61 bits per heavy atom. The van der Waals surface area contributed by atoms with Crippen LogP contribution in [0.4, 0.5) is 5.69 Å². The van der Waals surface area contributed by atoms with E-state index < -0.39 is 0 Å². The summed E-state index contributed by atoms with van der Waals surface area (Å²) in [6.07, 6.45) is 4.50. The summed E-state index contributed by atoms with van der Waals surface area (Å²) < 4.78 is 0. The molecule has 2 saturated heterocycles. The van der Waals surface area contributed by atoms with Gasteiger partial charge in [-0.3, -0.25) is 14.4 Å². The molecule has 6 nitrogen and oxygen atoms in total. The van der Waals surface area contributed by atoms with Crippen LogP contribution in [0.5, 0.6) is 0 Å². The molecule has 6 heteroatoms. The molecule has 0 spiro atoms. The lowest BCUT2D eigenvalue weighted by Crippen LogP contribution is -2.39. The zero-order valence-corrected chi connectivity index (χ0v) is 16.9. The topological polar surface area (TPSA) is 69.7 Å². The molecule has 2 aliphatic heterocycles. The Hall–Kier alpha value is -2.37. The first kappa shape index (κ1) is 20.4. The van der Waals surface area contributed by atoms with Crippen molar-refractivity contribution in [3.63, 3.8) is 0 Å². The molecule has 2 atom stereocenters. The van der Waals surface area contributed by atoms with E-state index in [4.69, 9.17) is 0 Å². The van der Waals surface area contributed by atoms with Crippen LogP contribution in [0.2, 0.25) is 0 Å². The average molecular weight is 386 g/mol. The number of carbonyl (C=O) groups is 3. The third-order valence-electron chi connectivity index (χ3n) is 5.71. The maximum atomic E-state index is 12.6. The van der Waals surface area contributed by atoms with Crippen LogP contribution in [-0.2, 0) is 9.59 Å². The molecular formula is C22H31N3O3. The lowest BCUT2D eigenvalue weighted by atomic mass is 9.99. The number of hydrogen-bond acceptors (Lipinski definition) is 3. The smallest absolute Gasteiger partial charge is 0.253 e. The van der Waals surface area contributed by atoms with Crippen molar-refractivity contribution in [2.24, 2.45) is 11.8 Å². The van der Waals surface area contributed by atoms with Crippen LogP contribution in [0.15, 0.2) is 24.3 Å². The van der Waals surface area contributed by atoms with Gasteiger partial charge in [-0.15, -0.1) is 0 Å². The second-order valence-electron chi connectivity index (χ2n) is 8.16. The molecule has 28 heavy (non-hydrogen) atoms. The third kappa shape index (κ3) is 4.91. The highest BCUT2D eigenvalue weighted by atomic mass is 16.2. The fourth-order valence-electron chi connectivity index (χ4n) is 4.01. The predicted molar refractivity (Wildman–Crippen MR) is 109 cm³/mol. The maximum absolute atomic E-state index is 12.6. The molecule has 1 aromatic rings. The number of piperidine rings is 1. The van der Waals surface area contributed by atoms with Gasteiger partial charge in [-0.1, -0.05) is 20.3 Å². The fraction of sp³-hybridized carbons (Fsp3) is 0.591. The molecule has 152 valence electrons. The molecule has 3 amide bonds. The first-order valence-electron chi connectivity index (χ1n) is 10.5. The zero-order valence-electron chi connectivity index (χ0n) is 16.9. The highest BCUT2D eigenvalue weighted by Gasteiger charge is 2.33. The van der Waals surface area contributed by atoms with Gasteiger partial charge in [-0.2, -0.15) is 0 Å². The van der Waals surface area contributed by atoms with Gasteiger partial charge in [0.15, 0.2) is 0 Å². The average Bonchev–Trinajstić information content (AvgIpc) is 3.07. The summed E-state index contributed by atoms with van der Waals surface area (Å²) in [5, 5.41) is 2.89. The van der Waals surface area contributed by atoms with E-state index in [1.165, 1.54) is 6.42 Å². The Bertz CT molecular complexity index is 716. The molecule has 0 saturated carbocycles. The zero-order chi connectivity index (χ0) is 20.1.